The molecule has 156 valence electrons. The number of nitrogens with zero attached hydrogens (tertiary/aromatic N) is 4. The molecular weight excluding hydrogens is 378 g/mol. The van der Waals surface area contributed by atoms with Gasteiger partial charge in [-0.2, -0.15) is 0 Å². The second-order valence-electron chi connectivity index (χ2n) is 8.17. The molecule has 2 aromatic heterocycles. The summed E-state index contributed by atoms with van der Waals surface area (Å²) in [7, 11) is 0. The topological polar surface area (TPSA) is 80.1 Å². The lowest BCUT2D eigenvalue weighted by Gasteiger charge is -2.28. The van der Waals surface area contributed by atoms with Gasteiger partial charge in [0, 0.05) is 38.9 Å². The zero-order chi connectivity index (χ0) is 21.1. The minimum absolute atomic E-state index is 0.0693. The smallest absolute Gasteiger partial charge is 0.283 e. The molecule has 1 amide bonds. The maximum atomic E-state index is 13.0. The van der Waals surface area contributed by atoms with Crippen molar-refractivity contribution in [3.05, 3.63) is 69.8 Å². The van der Waals surface area contributed by atoms with E-state index in [9.17, 15) is 9.59 Å². The van der Waals surface area contributed by atoms with E-state index < -0.39 is 5.91 Å². The molecule has 0 fully saturated rings. The number of pyridine rings is 1. The van der Waals surface area contributed by atoms with Crippen LogP contribution >= 0.6 is 0 Å². The molecule has 0 atom stereocenters. The first-order valence-corrected chi connectivity index (χ1v) is 10.5. The Morgan fingerprint density at radius 3 is 2.77 bits per heavy atom. The third-order valence-corrected chi connectivity index (χ3v) is 5.39. The van der Waals surface area contributed by atoms with E-state index in [2.05, 4.69) is 44.5 Å². The molecule has 1 N–H and O–H groups in total. The Bertz CT molecular complexity index is 1120. The van der Waals surface area contributed by atoms with Crippen LogP contribution in [0.3, 0.4) is 0 Å². The first-order valence-electron chi connectivity index (χ1n) is 10.5. The minimum atomic E-state index is -0.430. The predicted octanol–water partition coefficient (Wildman–Crippen LogP) is 2.24. The molecule has 7 nitrogen and oxygen atoms in total. The van der Waals surface area contributed by atoms with Crippen LogP contribution in [0.25, 0.3) is 11.2 Å². The third-order valence-electron chi connectivity index (χ3n) is 5.39. The normalized spacial score (nSPS) is 14.1. The van der Waals surface area contributed by atoms with Crippen molar-refractivity contribution in [2.24, 2.45) is 5.92 Å². The summed E-state index contributed by atoms with van der Waals surface area (Å²) < 4.78 is 1.56. The van der Waals surface area contributed by atoms with E-state index in [1.807, 2.05) is 13.8 Å². The zero-order valence-electron chi connectivity index (χ0n) is 17.5. The third kappa shape index (κ3) is 4.26. The van der Waals surface area contributed by atoms with Gasteiger partial charge < -0.3 is 5.32 Å². The molecule has 1 aliphatic rings. The summed E-state index contributed by atoms with van der Waals surface area (Å²) >= 11 is 0. The van der Waals surface area contributed by atoms with Crippen molar-refractivity contribution >= 4 is 17.1 Å². The zero-order valence-corrected chi connectivity index (χ0v) is 17.5. The number of hydrogen-bond acceptors (Lipinski definition) is 5. The number of amides is 1. The molecule has 3 heterocycles. The standard InChI is InChI=1S/C23H27N5O2/c1-16(2)14-28-21-19(8-5-10-24-21)26-20(23(28)30)22(29)25-11-13-27-12-9-17-6-3-4-7-18(17)15-27/h3-8,10,16H,9,11-15H2,1-2H3,(H,25,29). The first kappa shape index (κ1) is 20.2. The van der Waals surface area contributed by atoms with E-state index in [0.717, 1.165) is 26.1 Å². The monoisotopic (exact) mass is 405 g/mol. The molecule has 0 aliphatic carbocycles. The molecule has 0 radical (unpaired) electrons. The lowest BCUT2D eigenvalue weighted by atomic mass is 10.00. The number of carbonyl (C=O) groups is 1. The minimum Gasteiger partial charge on any atom is -0.349 e. The van der Waals surface area contributed by atoms with Crippen LogP contribution in [-0.4, -0.2) is 45.0 Å². The number of nitrogens with one attached hydrogen (secondary N) is 1. The average Bonchev–Trinajstić information content (AvgIpc) is 2.75. The van der Waals surface area contributed by atoms with E-state index in [1.54, 1.807) is 22.9 Å². The van der Waals surface area contributed by atoms with Crippen LogP contribution in [0.15, 0.2) is 47.4 Å². The molecule has 1 aliphatic heterocycles. The van der Waals surface area contributed by atoms with Crippen LogP contribution in [0, 0.1) is 5.92 Å². The highest BCUT2D eigenvalue weighted by atomic mass is 16.2. The maximum absolute atomic E-state index is 13.0. The lowest BCUT2D eigenvalue weighted by molar-refractivity contribution is 0.0940. The van der Waals surface area contributed by atoms with Crippen molar-refractivity contribution in [1.29, 1.82) is 0 Å². The summed E-state index contributed by atoms with van der Waals surface area (Å²) in [5.74, 6) is -0.186. The van der Waals surface area contributed by atoms with Gasteiger partial charge >= 0.3 is 0 Å². The molecule has 0 unspecified atom stereocenters. The van der Waals surface area contributed by atoms with E-state index in [0.29, 0.717) is 24.3 Å². The predicted molar refractivity (Wildman–Crippen MR) is 116 cm³/mol. The highest BCUT2D eigenvalue weighted by Gasteiger charge is 2.20. The van der Waals surface area contributed by atoms with Crippen LogP contribution in [0.4, 0.5) is 0 Å². The summed E-state index contributed by atoms with van der Waals surface area (Å²) in [4.78, 5) is 36.6. The average molecular weight is 406 g/mol. The van der Waals surface area contributed by atoms with Crippen LogP contribution in [0.2, 0.25) is 0 Å². The molecule has 0 bridgehead atoms. The Hall–Kier alpha value is -3.06. The van der Waals surface area contributed by atoms with Crippen molar-refractivity contribution < 1.29 is 4.79 Å². The van der Waals surface area contributed by atoms with Gasteiger partial charge in [0.15, 0.2) is 11.3 Å². The Morgan fingerprint density at radius 2 is 1.97 bits per heavy atom. The van der Waals surface area contributed by atoms with Gasteiger partial charge in [0.2, 0.25) is 0 Å². The molecule has 3 aromatic rings. The van der Waals surface area contributed by atoms with Gasteiger partial charge in [-0.1, -0.05) is 38.1 Å². The number of fused-ring (bicyclic) bond motifs is 2. The fourth-order valence-electron chi connectivity index (χ4n) is 3.91. The van der Waals surface area contributed by atoms with Crippen molar-refractivity contribution in [2.45, 2.75) is 33.4 Å². The number of hydrogen-bond donors (Lipinski definition) is 1. The van der Waals surface area contributed by atoms with Crippen molar-refractivity contribution in [2.75, 3.05) is 19.6 Å². The molecule has 0 saturated heterocycles. The quantitative estimate of drug-likeness (QED) is 0.680. The second-order valence-corrected chi connectivity index (χ2v) is 8.17. The number of benzene rings is 1. The van der Waals surface area contributed by atoms with E-state index in [4.69, 9.17) is 0 Å². The van der Waals surface area contributed by atoms with Gasteiger partial charge in [0.05, 0.1) is 0 Å². The van der Waals surface area contributed by atoms with Gasteiger partial charge in [0.1, 0.15) is 5.52 Å². The number of carbonyl (C=O) groups excluding carboxylic acids is 1. The summed E-state index contributed by atoms with van der Waals surface area (Å²) in [6.07, 6.45) is 2.65. The van der Waals surface area contributed by atoms with Gasteiger partial charge in [-0.15, -0.1) is 0 Å². The summed E-state index contributed by atoms with van der Waals surface area (Å²) in [6, 6.07) is 12.0. The van der Waals surface area contributed by atoms with Gasteiger partial charge in [-0.05, 0) is 35.6 Å². The van der Waals surface area contributed by atoms with Crippen molar-refractivity contribution in [1.82, 2.24) is 24.8 Å². The molecule has 30 heavy (non-hydrogen) atoms. The Kier molecular flexibility index (Phi) is 5.90. The second kappa shape index (κ2) is 8.75. The number of rotatable bonds is 6. The van der Waals surface area contributed by atoms with Gasteiger partial charge in [0.25, 0.3) is 11.5 Å². The maximum Gasteiger partial charge on any atom is 0.283 e. The Morgan fingerprint density at radius 1 is 1.17 bits per heavy atom. The highest BCUT2D eigenvalue weighted by Crippen LogP contribution is 2.17. The van der Waals surface area contributed by atoms with Crippen molar-refractivity contribution in [3.8, 4) is 0 Å². The molecule has 4 rings (SSSR count). The molecular formula is C23H27N5O2. The van der Waals surface area contributed by atoms with E-state index in [1.165, 1.54) is 11.1 Å². The van der Waals surface area contributed by atoms with Crippen LogP contribution < -0.4 is 10.9 Å². The summed E-state index contributed by atoms with van der Waals surface area (Å²) in [5.41, 5.74) is 3.35. The van der Waals surface area contributed by atoms with Crippen molar-refractivity contribution in [3.63, 3.8) is 0 Å². The fourth-order valence-corrected chi connectivity index (χ4v) is 3.91. The van der Waals surface area contributed by atoms with Crippen LogP contribution in [0.1, 0.15) is 35.5 Å². The first-order chi connectivity index (χ1) is 14.5. The van der Waals surface area contributed by atoms with Gasteiger partial charge in [-0.3, -0.25) is 19.1 Å². The lowest BCUT2D eigenvalue weighted by Crippen LogP contribution is -2.40. The molecule has 0 saturated carbocycles. The molecule has 1 aromatic carbocycles. The molecule has 7 heteroatoms. The fraction of sp³-hybridized carbons (Fsp3) is 0.391. The Labute approximate surface area is 175 Å². The summed E-state index contributed by atoms with van der Waals surface area (Å²) in [6.45, 7) is 7.59. The number of aromatic nitrogens is 3. The highest BCUT2D eigenvalue weighted by molar-refractivity contribution is 5.93. The van der Waals surface area contributed by atoms with E-state index in [-0.39, 0.29) is 17.2 Å². The van der Waals surface area contributed by atoms with Gasteiger partial charge in [-0.25, -0.2) is 9.97 Å². The molecule has 0 spiro atoms. The Balaban J connectivity index is 1.46. The SMILES string of the molecule is CC(C)Cn1c(=O)c(C(=O)NCCN2CCc3ccccc3C2)nc2cccnc21. The van der Waals surface area contributed by atoms with Crippen LogP contribution in [0.5, 0.6) is 0 Å². The van der Waals surface area contributed by atoms with E-state index >= 15 is 0 Å². The largest absolute Gasteiger partial charge is 0.349 e. The summed E-state index contributed by atoms with van der Waals surface area (Å²) in [5, 5.41) is 2.88. The van der Waals surface area contributed by atoms with Crippen LogP contribution in [-0.2, 0) is 19.5 Å².